The molecule has 0 aliphatic carbocycles. The van der Waals surface area contributed by atoms with Gasteiger partial charge in [0.15, 0.2) is 11.0 Å². The molecule has 0 atom stereocenters. The first-order valence-corrected chi connectivity index (χ1v) is 8.09. The number of hydrogen-bond donors (Lipinski definition) is 1. The Morgan fingerprint density at radius 3 is 2.50 bits per heavy atom. The van der Waals surface area contributed by atoms with Crippen molar-refractivity contribution >= 4 is 39.0 Å². The number of anilines is 1. The number of rotatable bonds is 5. The fraction of sp³-hybridized carbons (Fsp3) is 0.167. The van der Waals surface area contributed by atoms with Gasteiger partial charge < -0.3 is 0 Å². The highest BCUT2D eigenvalue weighted by atomic mass is 35.5. The fourth-order valence-electron chi connectivity index (χ4n) is 1.51. The van der Waals surface area contributed by atoms with Crippen LogP contribution in [-0.2, 0) is 16.4 Å². The highest BCUT2D eigenvalue weighted by Gasteiger charge is 2.15. The Bertz CT molecular complexity index is 693. The molecule has 2 rings (SSSR count). The van der Waals surface area contributed by atoms with Gasteiger partial charge in [0.1, 0.15) is 11.3 Å². The van der Waals surface area contributed by atoms with Gasteiger partial charge in [-0.25, -0.2) is 18.4 Å². The summed E-state index contributed by atoms with van der Waals surface area (Å²) in [6, 6.07) is 9.32. The molecule has 5 nitrogen and oxygen atoms in total. The quantitative estimate of drug-likeness (QED) is 0.855. The first kappa shape index (κ1) is 15.0. The van der Waals surface area contributed by atoms with Crippen molar-refractivity contribution in [3.8, 4) is 0 Å². The molecule has 20 heavy (non-hydrogen) atoms. The average Bonchev–Trinajstić information content (AvgIpc) is 2.43. The Morgan fingerprint density at radius 1 is 1.10 bits per heavy atom. The lowest BCUT2D eigenvalue weighted by atomic mass is 10.2. The van der Waals surface area contributed by atoms with E-state index in [1.165, 1.54) is 0 Å². The molecule has 0 saturated heterocycles. The molecule has 0 spiro atoms. The lowest BCUT2D eigenvalue weighted by Gasteiger charge is -2.08. The van der Waals surface area contributed by atoms with E-state index in [9.17, 15) is 8.42 Å². The van der Waals surface area contributed by atoms with Crippen LogP contribution >= 0.6 is 23.2 Å². The summed E-state index contributed by atoms with van der Waals surface area (Å²) in [5, 5.41) is -0.0140. The van der Waals surface area contributed by atoms with Crippen molar-refractivity contribution < 1.29 is 8.42 Å². The zero-order valence-corrected chi connectivity index (χ0v) is 12.6. The molecule has 0 aliphatic rings. The van der Waals surface area contributed by atoms with Crippen molar-refractivity contribution in [2.24, 2.45) is 0 Å². The van der Waals surface area contributed by atoms with Gasteiger partial charge >= 0.3 is 0 Å². The third-order valence-corrected chi connectivity index (χ3v) is 4.49. The lowest BCUT2D eigenvalue weighted by Crippen LogP contribution is -2.19. The third-order valence-electron chi connectivity index (χ3n) is 2.50. The molecule has 1 N–H and O–H groups in total. The van der Waals surface area contributed by atoms with Crippen molar-refractivity contribution in [3.63, 3.8) is 0 Å². The van der Waals surface area contributed by atoms with E-state index in [-0.39, 0.29) is 21.7 Å². The number of nitrogens with one attached hydrogen (secondary N) is 1. The number of hydrogen-bond acceptors (Lipinski definition) is 4. The van der Waals surface area contributed by atoms with Gasteiger partial charge in [-0.15, -0.1) is 0 Å². The fourth-order valence-corrected chi connectivity index (χ4v) is 2.90. The summed E-state index contributed by atoms with van der Waals surface area (Å²) < 4.78 is 26.2. The highest BCUT2D eigenvalue weighted by Crippen LogP contribution is 2.26. The average molecular weight is 332 g/mol. The van der Waals surface area contributed by atoms with E-state index in [0.29, 0.717) is 6.42 Å². The van der Waals surface area contributed by atoms with Crippen LogP contribution in [0, 0.1) is 0 Å². The minimum absolute atomic E-state index is 0.00225. The monoisotopic (exact) mass is 331 g/mol. The molecule has 0 bridgehead atoms. The van der Waals surface area contributed by atoms with E-state index in [0.717, 1.165) is 11.9 Å². The van der Waals surface area contributed by atoms with Crippen LogP contribution in [0.15, 0.2) is 36.7 Å². The number of aryl methyl sites for hydroxylation is 1. The summed E-state index contributed by atoms with van der Waals surface area (Å²) in [6.07, 6.45) is 1.54. The Hall–Kier alpha value is -1.37. The van der Waals surface area contributed by atoms with Crippen molar-refractivity contribution in [2.45, 2.75) is 6.42 Å². The van der Waals surface area contributed by atoms with E-state index in [1.807, 2.05) is 30.3 Å². The number of benzene rings is 1. The van der Waals surface area contributed by atoms with Crippen LogP contribution in [-0.4, -0.2) is 24.1 Å². The Morgan fingerprint density at radius 2 is 1.80 bits per heavy atom. The van der Waals surface area contributed by atoms with Gasteiger partial charge in [0.25, 0.3) is 0 Å². The molecule has 0 amide bonds. The zero-order chi connectivity index (χ0) is 14.6. The Balaban J connectivity index is 2.06. The van der Waals surface area contributed by atoms with Crippen LogP contribution < -0.4 is 4.72 Å². The molecule has 0 aliphatic heterocycles. The number of aromatic nitrogens is 2. The lowest BCUT2D eigenvalue weighted by molar-refractivity contribution is 0.600. The summed E-state index contributed by atoms with van der Waals surface area (Å²) in [5.74, 6) is -0.0886. The number of halogens is 2. The minimum Gasteiger partial charge on any atom is -0.266 e. The first-order chi connectivity index (χ1) is 9.48. The topological polar surface area (TPSA) is 72.0 Å². The van der Waals surface area contributed by atoms with Crippen LogP contribution in [0.4, 0.5) is 5.82 Å². The van der Waals surface area contributed by atoms with Crippen LogP contribution in [0.3, 0.4) is 0 Å². The van der Waals surface area contributed by atoms with Crippen LogP contribution in [0.2, 0.25) is 10.2 Å². The maximum atomic E-state index is 12.0. The molecular formula is C12H11Cl2N3O2S. The Labute approximate surface area is 127 Å². The molecule has 0 unspecified atom stereocenters. The van der Waals surface area contributed by atoms with E-state index in [2.05, 4.69) is 14.7 Å². The first-order valence-electron chi connectivity index (χ1n) is 5.68. The molecule has 2 aromatic rings. The predicted molar refractivity (Wildman–Crippen MR) is 79.6 cm³/mol. The van der Waals surface area contributed by atoms with E-state index in [4.69, 9.17) is 23.2 Å². The van der Waals surface area contributed by atoms with Crippen LogP contribution in [0.1, 0.15) is 5.56 Å². The largest absolute Gasteiger partial charge is 0.266 e. The second-order valence-corrected chi connectivity index (χ2v) is 6.56. The van der Waals surface area contributed by atoms with Gasteiger partial charge in [-0.3, -0.25) is 4.72 Å². The van der Waals surface area contributed by atoms with Gasteiger partial charge in [0.2, 0.25) is 10.0 Å². The minimum atomic E-state index is -3.56. The molecule has 1 aromatic carbocycles. The van der Waals surface area contributed by atoms with Crippen LogP contribution in [0.25, 0.3) is 0 Å². The maximum Gasteiger partial charge on any atom is 0.234 e. The molecular weight excluding hydrogens is 321 g/mol. The molecule has 0 saturated carbocycles. The summed E-state index contributed by atoms with van der Waals surface area (Å²) in [6.45, 7) is 0. The van der Waals surface area contributed by atoms with Gasteiger partial charge in [0.05, 0.1) is 5.75 Å². The molecule has 106 valence electrons. The second-order valence-electron chi connectivity index (χ2n) is 3.98. The summed E-state index contributed by atoms with van der Waals surface area (Å²) in [4.78, 5) is 7.41. The standard InChI is InChI=1S/C12H11Cl2N3O2S/c13-10-11(14)15-8-16-12(10)17-20(18,19)7-6-9-4-2-1-3-5-9/h1-5,8H,6-7H2,(H,15,16,17). The van der Waals surface area contributed by atoms with Crippen molar-refractivity contribution in [1.29, 1.82) is 0 Å². The van der Waals surface area contributed by atoms with E-state index < -0.39 is 10.0 Å². The predicted octanol–water partition coefficient (Wildman–Crippen LogP) is 2.77. The normalized spacial score (nSPS) is 11.3. The smallest absolute Gasteiger partial charge is 0.234 e. The van der Waals surface area contributed by atoms with Gasteiger partial charge in [-0.2, -0.15) is 0 Å². The number of nitrogens with zero attached hydrogens (tertiary/aromatic N) is 2. The summed E-state index contributed by atoms with van der Waals surface area (Å²) in [5.41, 5.74) is 0.935. The second kappa shape index (κ2) is 6.39. The Kier molecular flexibility index (Phi) is 4.80. The van der Waals surface area contributed by atoms with Crippen molar-refractivity contribution in [3.05, 3.63) is 52.4 Å². The molecule has 0 radical (unpaired) electrons. The molecule has 8 heteroatoms. The van der Waals surface area contributed by atoms with Crippen LogP contribution in [0.5, 0.6) is 0 Å². The number of sulfonamides is 1. The molecule has 0 fully saturated rings. The van der Waals surface area contributed by atoms with Gasteiger partial charge in [0, 0.05) is 0 Å². The maximum absolute atomic E-state index is 12.0. The third kappa shape index (κ3) is 4.06. The van der Waals surface area contributed by atoms with Gasteiger partial charge in [-0.1, -0.05) is 53.5 Å². The highest BCUT2D eigenvalue weighted by molar-refractivity contribution is 7.92. The summed E-state index contributed by atoms with van der Waals surface area (Å²) in [7, 11) is -3.56. The SMILES string of the molecule is O=S(=O)(CCc1ccccc1)Nc1ncnc(Cl)c1Cl. The molecule has 1 heterocycles. The van der Waals surface area contributed by atoms with E-state index in [1.54, 1.807) is 0 Å². The van der Waals surface area contributed by atoms with E-state index >= 15 is 0 Å². The van der Waals surface area contributed by atoms with Gasteiger partial charge in [-0.05, 0) is 12.0 Å². The zero-order valence-electron chi connectivity index (χ0n) is 10.3. The van der Waals surface area contributed by atoms with Crippen molar-refractivity contribution in [2.75, 3.05) is 10.5 Å². The molecule has 1 aromatic heterocycles. The van der Waals surface area contributed by atoms with Crippen molar-refractivity contribution in [1.82, 2.24) is 9.97 Å². The summed E-state index contributed by atoms with van der Waals surface area (Å²) >= 11 is 11.5.